The van der Waals surface area contributed by atoms with Gasteiger partial charge >= 0.3 is 0 Å². The lowest BCUT2D eigenvalue weighted by Crippen LogP contribution is -2.54. The lowest BCUT2D eigenvalue weighted by atomic mass is 10.1. The molecule has 1 aliphatic rings. The Labute approximate surface area is 122 Å². The predicted molar refractivity (Wildman–Crippen MR) is 74.3 cm³/mol. The number of nitrogens with one attached hydrogen (secondary N) is 1. The van der Waals surface area contributed by atoms with E-state index in [0.29, 0.717) is 13.2 Å². The van der Waals surface area contributed by atoms with Gasteiger partial charge < -0.3 is 20.3 Å². The molecule has 1 saturated heterocycles. The number of likely N-dealkylation sites (N-methyl/N-ethyl adjacent to an activating group) is 1. The molecule has 1 aromatic rings. The van der Waals surface area contributed by atoms with E-state index in [1.165, 1.54) is 19.2 Å². The van der Waals surface area contributed by atoms with E-state index in [-0.39, 0.29) is 41.9 Å². The van der Waals surface area contributed by atoms with Gasteiger partial charge in [-0.2, -0.15) is 0 Å². The molecular weight excluding hydrogens is 276 g/mol. The van der Waals surface area contributed by atoms with Crippen LogP contribution >= 0.6 is 0 Å². The Bertz CT molecular complexity index is 546. The molecule has 1 fully saturated rings. The Balaban J connectivity index is 2.11. The van der Waals surface area contributed by atoms with E-state index < -0.39 is 6.04 Å². The van der Waals surface area contributed by atoms with Crippen LogP contribution < -0.4 is 5.32 Å². The number of phenolic OH excluding ortho intramolecular Hbond substituents is 2. The predicted octanol–water partition coefficient (Wildman–Crippen LogP) is -0.273. The molecule has 114 valence electrons. The average Bonchev–Trinajstić information content (AvgIpc) is 2.46. The van der Waals surface area contributed by atoms with Crippen molar-refractivity contribution in [2.75, 3.05) is 33.4 Å². The third-order valence-corrected chi connectivity index (χ3v) is 3.42. The fourth-order valence-electron chi connectivity index (χ4n) is 2.26. The van der Waals surface area contributed by atoms with Crippen LogP contribution in [0.1, 0.15) is 10.4 Å². The number of carbonyl (C=O) groups is 2. The number of rotatable bonds is 4. The second-order valence-electron chi connectivity index (χ2n) is 4.80. The van der Waals surface area contributed by atoms with Gasteiger partial charge in [-0.05, 0) is 12.1 Å². The first kappa shape index (κ1) is 15.3. The number of Topliss-reactive ketones (excluding diaryl/α,β-unsaturated/α-hetero) is 1. The number of phenols is 2. The van der Waals surface area contributed by atoms with Crippen LogP contribution in [0.3, 0.4) is 0 Å². The number of morpholine rings is 1. The van der Waals surface area contributed by atoms with Crippen LogP contribution in [0, 0.1) is 0 Å². The smallest absolute Gasteiger partial charge is 0.239 e. The van der Waals surface area contributed by atoms with Crippen molar-refractivity contribution in [1.29, 1.82) is 0 Å². The van der Waals surface area contributed by atoms with Gasteiger partial charge in [0.2, 0.25) is 5.91 Å². The van der Waals surface area contributed by atoms with Crippen LogP contribution in [0.15, 0.2) is 18.2 Å². The van der Waals surface area contributed by atoms with Gasteiger partial charge in [-0.1, -0.05) is 0 Å². The molecule has 21 heavy (non-hydrogen) atoms. The summed E-state index contributed by atoms with van der Waals surface area (Å²) >= 11 is 0. The SMILES string of the molecule is CNC(=O)C1COCCN1CC(=O)c1ccc(O)cc1O. The molecule has 1 aromatic carbocycles. The maximum Gasteiger partial charge on any atom is 0.239 e. The summed E-state index contributed by atoms with van der Waals surface area (Å²) in [4.78, 5) is 25.7. The van der Waals surface area contributed by atoms with Gasteiger partial charge in [-0.15, -0.1) is 0 Å². The maximum atomic E-state index is 12.2. The molecular formula is C14H18N2O5. The van der Waals surface area contributed by atoms with Crippen molar-refractivity contribution in [3.05, 3.63) is 23.8 Å². The van der Waals surface area contributed by atoms with E-state index in [2.05, 4.69) is 5.32 Å². The molecule has 0 aliphatic carbocycles. The Hall–Kier alpha value is -2.12. The molecule has 1 unspecified atom stereocenters. The van der Waals surface area contributed by atoms with E-state index in [9.17, 15) is 19.8 Å². The van der Waals surface area contributed by atoms with Crippen molar-refractivity contribution in [3.8, 4) is 11.5 Å². The number of aromatic hydroxyl groups is 2. The van der Waals surface area contributed by atoms with Crippen LogP contribution in [-0.2, 0) is 9.53 Å². The minimum atomic E-state index is -0.521. The lowest BCUT2D eigenvalue weighted by molar-refractivity contribution is -0.131. The van der Waals surface area contributed by atoms with Crippen LogP contribution in [0.25, 0.3) is 0 Å². The molecule has 1 heterocycles. The number of hydrogen-bond acceptors (Lipinski definition) is 6. The van der Waals surface area contributed by atoms with Crippen LogP contribution in [0.5, 0.6) is 11.5 Å². The zero-order valence-corrected chi connectivity index (χ0v) is 11.7. The van der Waals surface area contributed by atoms with Crippen molar-refractivity contribution in [1.82, 2.24) is 10.2 Å². The lowest BCUT2D eigenvalue weighted by Gasteiger charge is -2.33. The van der Waals surface area contributed by atoms with Gasteiger partial charge in [0, 0.05) is 19.7 Å². The highest BCUT2D eigenvalue weighted by molar-refractivity contribution is 6.00. The second kappa shape index (κ2) is 6.55. The fourth-order valence-corrected chi connectivity index (χ4v) is 2.26. The standard InChI is InChI=1S/C14H18N2O5/c1-15-14(20)11-8-21-5-4-16(11)7-13(19)10-3-2-9(17)6-12(10)18/h2-3,6,11,17-18H,4-5,7-8H2,1H3,(H,15,20). The van der Waals surface area contributed by atoms with Crippen molar-refractivity contribution in [2.24, 2.45) is 0 Å². The van der Waals surface area contributed by atoms with Crippen molar-refractivity contribution < 1.29 is 24.5 Å². The molecule has 2 rings (SSSR count). The Kier molecular flexibility index (Phi) is 4.77. The molecule has 0 saturated carbocycles. The zero-order valence-electron chi connectivity index (χ0n) is 11.7. The van der Waals surface area contributed by atoms with Crippen molar-refractivity contribution >= 4 is 11.7 Å². The van der Waals surface area contributed by atoms with Gasteiger partial charge in [-0.3, -0.25) is 14.5 Å². The molecule has 0 aromatic heterocycles. The molecule has 0 radical (unpaired) electrons. The summed E-state index contributed by atoms with van der Waals surface area (Å²) in [5.74, 6) is -0.913. The first-order chi connectivity index (χ1) is 10.0. The summed E-state index contributed by atoms with van der Waals surface area (Å²) in [5.41, 5.74) is 0.120. The third kappa shape index (κ3) is 3.50. The molecule has 3 N–H and O–H groups in total. The normalized spacial score (nSPS) is 19.2. The highest BCUT2D eigenvalue weighted by Crippen LogP contribution is 2.23. The molecule has 1 aliphatic heterocycles. The quantitative estimate of drug-likeness (QED) is 0.661. The van der Waals surface area contributed by atoms with Crippen LogP contribution in [0.4, 0.5) is 0 Å². The average molecular weight is 294 g/mol. The van der Waals surface area contributed by atoms with Crippen LogP contribution in [0.2, 0.25) is 0 Å². The van der Waals surface area contributed by atoms with Gasteiger partial charge in [0.25, 0.3) is 0 Å². The monoisotopic (exact) mass is 294 g/mol. The molecule has 0 spiro atoms. The van der Waals surface area contributed by atoms with E-state index >= 15 is 0 Å². The molecule has 1 amide bonds. The number of nitrogens with zero attached hydrogens (tertiary/aromatic N) is 1. The van der Waals surface area contributed by atoms with Gasteiger partial charge in [-0.25, -0.2) is 0 Å². The van der Waals surface area contributed by atoms with E-state index in [1.54, 1.807) is 4.90 Å². The zero-order chi connectivity index (χ0) is 15.4. The number of carbonyl (C=O) groups excluding carboxylic acids is 2. The maximum absolute atomic E-state index is 12.2. The van der Waals surface area contributed by atoms with E-state index in [4.69, 9.17) is 4.74 Å². The summed E-state index contributed by atoms with van der Waals surface area (Å²) in [6, 6.07) is 3.29. The number of amides is 1. The van der Waals surface area contributed by atoms with E-state index in [1.807, 2.05) is 0 Å². The summed E-state index contributed by atoms with van der Waals surface area (Å²) < 4.78 is 5.27. The van der Waals surface area contributed by atoms with E-state index in [0.717, 1.165) is 6.07 Å². The molecule has 7 nitrogen and oxygen atoms in total. The molecule has 0 bridgehead atoms. The summed E-state index contributed by atoms with van der Waals surface area (Å²) in [6.07, 6.45) is 0. The number of ether oxygens (including phenoxy) is 1. The fraction of sp³-hybridized carbons (Fsp3) is 0.429. The van der Waals surface area contributed by atoms with Crippen molar-refractivity contribution in [3.63, 3.8) is 0 Å². The van der Waals surface area contributed by atoms with Crippen LogP contribution in [-0.4, -0.2) is 66.2 Å². The summed E-state index contributed by atoms with van der Waals surface area (Å²) in [7, 11) is 1.53. The Morgan fingerprint density at radius 2 is 2.19 bits per heavy atom. The molecule has 1 atom stereocenters. The minimum absolute atomic E-state index is 0.000216. The number of ketones is 1. The summed E-state index contributed by atoms with van der Waals surface area (Å²) in [5, 5.41) is 21.5. The number of hydrogen-bond donors (Lipinski definition) is 3. The highest BCUT2D eigenvalue weighted by Gasteiger charge is 2.30. The Morgan fingerprint density at radius 3 is 2.86 bits per heavy atom. The second-order valence-corrected chi connectivity index (χ2v) is 4.80. The Morgan fingerprint density at radius 1 is 1.43 bits per heavy atom. The van der Waals surface area contributed by atoms with Gasteiger partial charge in [0.15, 0.2) is 5.78 Å². The molecule has 7 heteroatoms. The topological polar surface area (TPSA) is 99.1 Å². The highest BCUT2D eigenvalue weighted by atomic mass is 16.5. The largest absolute Gasteiger partial charge is 0.508 e. The number of benzene rings is 1. The minimum Gasteiger partial charge on any atom is -0.508 e. The third-order valence-electron chi connectivity index (χ3n) is 3.42. The van der Waals surface area contributed by atoms with Gasteiger partial charge in [0.1, 0.15) is 17.5 Å². The van der Waals surface area contributed by atoms with Gasteiger partial charge in [0.05, 0.1) is 25.3 Å². The first-order valence-corrected chi connectivity index (χ1v) is 6.61. The summed E-state index contributed by atoms with van der Waals surface area (Å²) in [6.45, 7) is 1.14. The first-order valence-electron chi connectivity index (χ1n) is 6.61. The van der Waals surface area contributed by atoms with Crippen molar-refractivity contribution in [2.45, 2.75) is 6.04 Å².